The molecular formula is C54H54N6O6. The monoisotopic (exact) mass is 882 g/mol. The quantitative estimate of drug-likeness (QED) is 0.101. The number of nitrogens with one attached hydrogen (secondary N) is 2. The lowest BCUT2D eigenvalue weighted by atomic mass is 9.65. The maximum Gasteiger partial charge on any atom is 0.293 e. The average molecular weight is 883 g/mol. The minimum Gasteiger partial charge on any atom is -0.357 e. The number of carbonyl (C=O) groups excluding carboxylic acids is 2. The third-order valence-electron chi connectivity index (χ3n) is 16.4. The first kappa shape index (κ1) is 42.2. The first-order valence-corrected chi connectivity index (χ1v) is 23.5. The van der Waals surface area contributed by atoms with Gasteiger partial charge in [-0.3, -0.25) is 39.6 Å². The van der Waals surface area contributed by atoms with Crippen molar-refractivity contribution in [2.45, 2.75) is 76.3 Å². The highest BCUT2D eigenvalue weighted by molar-refractivity contribution is 6.01. The number of carbonyl (C=O) groups is 2. The van der Waals surface area contributed by atoms with Gasteiger partial charge in [0.15, 0.2) is 11.6 Å². The smallest absolute Gasteiger partial charge is 0.293 e. The molecule has 4 aromatic carbocycles. The number of ketones is 2. The second-order valence-corrected chi connectivity index (χ2v) is 20.1. The van der Waals surface area contributed by atoms with Gasteiger partial charge >= 0.3 is 0 Å². The van der Waals surface area contributed by atoms with Crippen molar-refractivity contribution >= 4 is 56.9 Å². The number of aromatic nitrogens is 2. The van der Waals surface area contributed by atoms with Crippen LogP contribution in [0.25, 0.3) is 34.0 Å². The van der Waals surface area contributed by atoms with Gasteiger partial charge in [0, 0.05) is 84.9 Å². The van der Waals surface area contributed by atoms with Crippen LogP contribution in [0.2, 0.25) is 0 Å². The van der Waals surface area contributed by atoms with E-state index in [4.69, 9.17) is 0 Å². The summed E-state index contributed by atoms with van der Waals surface area (Å²) in [6.07, 6.45) is 10.6. The summed E-state index contributed by atoms with van der Waals surface area (Å²) in [6.45, 7) is 8.35. The van der Waals surface area contributed by atoms with E-state index in [1.165, 1.54) is 16.8 Å². The summed E-state index contributed by atoms with van der Waals surface area (Å²) in [4.78, 5) is 60.6. The molecule has 12 heteroatoms. The van der Waals surface area contributed by atoms with E-state index >= 15 is 0 Å². The van der Waals surface area contributed by atoms with Gasteiger partial charge < -0.3 is 9.97 Å². The van der Waals surface area contributed by atoms with Crippen LogP contribution in [0.4, 0.5) is 11.4 Å². The van der Waals surface area contributed by atoms with Crippen molar-refractivity contribution in [3.05, 3.63) is 162 Å². The molecule has 0 radical (unpaired) electrons. The third-order valence-corrected chi connectivity index (χ3v) is 16.4. The number of non-ortho nitro benzene ring substituents is 2. The van der Waals surface area contributed by atoms with Crippen LogP contribution in [0, 0.1) is 43.9 Å². The summed E-state index contributed by atoms with van der Waals surface area (Å²) in [5.74, 6) is 2.18. The number of para-hydroxylation sites is 1. The zero-order valence-electron chi connectivity index (χ0n) is 37.4. The molecule has 0 amide bonds. The van der Waals surface area contributed by atoms with E-state index < -0.39 is 0 Å². The Morgan fingerprint density at radius 1 is 0.606 bits per heavy atom. The zero-order valence-corrected chi connectivity index (χ0v) is 37.4. The van der Waals surface area contributed by atoms with Crippen LogP contribution in [-0.4, -0.2) is 67.4 Å². The minimum absolute atomic E-state index is 0.134. The molecule has 336 valence electrons. The fourth-order valence-electron chi connectivity index (χ4n) is 13.0. The normalized spacial score (nSPS) is 28.4. The molecule has 6 aliphatic rings. The molecule has 4 fully saturated rings. The Kier molecular flexibility index (Phi) is 10.3. The Labute approximate surface area is 383 Å². The molecule has 12 nitrogen and oxygen atoms in total. The second-order valence-electron chi connectivity index (χ2n) is 20.1. The molecule has 6 heterocycles. The van der Waals surface area contributed by atoms with Crippen molar-refractivity contribution < 1.29 is 19.4 Å². The second kappa shape index (κ2) is 16.1. The Hall–Kier alpha value is -6.50. The lowest BCUT2D eigenvalue weighted by Gasteiger charge is -2.54. The molecule has 0 bridgehead atoms. The maximum absolute atomic E-state index is 13.1. The van der Waals surface area contributed by atoms with Gasteiger partial charge in [0.2, 0.25) is 0 Å². The molecule has 0 spiro atoms. The van der Waals surface area contributed by atoms with E-state index in [0.717, 1.165) is 109 Å². The first-order valence-electron chi connectivity index (χ1n) is 23.5. The molecule has 4 unspecified atom stereocenters. The number of rotatable bonds is 4. The van der Waals surface area contributed by atoms with Crippen LogP contribution in [0.3, 0.4) is 0 Å². The fraction of sp³-hybridized carbons (Fsp3) is 0.370. The number of piperidine rings is 2. The standard InChI is InChI=1S/2C27H27N3O3/c1-27-15-19-14-24(31)18(12-17-6-3-2-4-7-17)13-20(19)16-29(27)11-10-22-21-8-5-9-23(30(32)33)25(21)28-26(22)27;1-27-15-19-13-25(31)18(11-17-5-3-2-4-6-17)12-20(19)16-29(27)10-9-22-23-14-21(30(32)33)7-8-24(23)28-26(22)27/h2-9,12,19-20,28H,10-11,13-16H2,1H3;2-8,11,14,19-20,28H,9-10,12-13,15-16H2,1H3/b18-12+;18-11+/t2*19?,20?,27-/m00/s1. The summed E-state index contributed by atoms with van der Waals surface area (Å²) >= 11 is 0. The van der Waals surface area contributed by atoms with Gasteiger partial charge in [-0.15, -0.1) is 0 Å². The van der Waals surface area contributed by atoms with Gasteiger partial charge in [-0.2, -0.15) is 0 Å². The number of hydrogen-bond acceptors (Lipinski definition) is 8. The Bertz CT molecular complexity index is 3020. The summed E-state index contributed by atoms with van der Waals surface area (Å²) in [7, 11) is 0. The highest BCUT2D eigenvalue weighted by atomic mass is 16.6. The number of aromatic amines is 2. The number of hydrogen-bond donors (Lipinski definition) is 2. The molecule has 2 saturated heterocycles. The van der Waals surface area contributed by atoms with Crippen molar-refractivity contribution in [1.29, 1.82) is 0 Å². The Morgan fingerprint density at radius 3 is 1.67 bits per heavy atom. The van der Waals surface area contributed by atoms with Crippen LogP contribution in [0.15, 0.2) is 108 Å². The van der Waals surface area contributed by atoms with Gasteiger partial charge in [-0.1, -0.05) is 72.8 Å². The van der Waals surface area contributed by atoms with E-state index in [1.807, 2.05) is 60.7 Å². The van der Waals surface area contributed by atoms with Gasteiger partial charge in [-0.05, 0) is 128 Å². The highest BCUT2D eigenvalue weighted by Gasteiger charge is 2.52. The third kappa shape index (κ3) is 7.13. The predicted octanol–water partition coefficient (Wildman–Crippen LogP) is 10.5. The van der Waals surface area contributed by atoms with E-state index in [-0.39, 0.29) is 43.9 Å². The molecule has 66 heavy (non-hydrogen) atoms. The fourth-order valence-corrected chi connectivity index (χ4v) is 13.0. The predicted molar refractivity (Wildman–Crippen MR) is 256 cm³/mol. The van der Waals surface area contributed by atoms with Crippen molar-refractivity contribution in [3.8, 4) is 0 Å². The average Bonchev–Trinajstić information content (AvgIpc) is 3.89. The van der Waals surface area contributed by atoms with Gasteiger partial charge in [0.1, 0.15) is 5.52 Å². The van der Waals surface area contributed by atoms with Crippen molar-refractivity contribution in [2.24, 2.45) is 23.7 Å². The molecule has 2 saturated carbocycles. The first-order chi connectivity index (χ1) is 31.9. The van der Waals surface area contributed by atoms with Gasteiger partial charge in [0.25, 0.3) is 11.4 Å². The number of Topliss-reactive ketones (excluding diaryl/α,β-unsaturated/α-hetero) is 2. The van der Waals surface area contributed by atoms with Crippen LogP contribution in [0.1, 0.15) is 86.0 Å². The number of fused-ring (bicyclic) bond motifs is 12. The summed E-state index contributed by atoms with van der Waals surface area (Å²) < 4.78 is 0. The van der Waals surface area contributed by atoms with Crippen molar-refractivity contribution in [1.82, 2.24) is 19.8 Å². The van der Waals surface area contributed by atoms with E-state index in [2.05, 4.69) is 57.9 Å². The zero-order chi connectivity index (χ0) is 45.5. The van der Waals surface area contributed by atoms with Gasteiger partial charge in [-0.25, -0.2) is 0 Å². The maximum atomic E-state index is 13.1. The number of H-pyrrole nitrogens is 2. The SMILES string of the molecule is C[C@@]12CC3CC(=O)/C(=C/c4ccccc4)CC3CN1CCc1c2[nH]c2c([N+](=O)[O-])cccc12.C[C@@]12CC3CC(=O)/C(=C/c4ccccc4)CC3CN1CCc1c2[nH]c2ccc([N+](=O)[O-])cc12. The highest BCUT2D eigenvalue weighted by Crippen LogP contribution is 2.53. The lowest BCUT2D eigenvalue weighted by molar-refractivity contribution is -0.384. The minimum atomic E-state index is -0.324. The van der Waals surface area contributed by atoms with Crippen LogP contribution in [0.5, 0.6) is 0 Å². The molecule has 4 aliphatic heterocycles. The molecule has 2 N–H and O–H groups in total. The summed E-state index contributed by atoms with van der Waals surface area (Å²) in [5, 5.41) is 24.8. The van der Waals surface area contributed by atoms with E-state index in [9.17, 15) is 29.8 Å². The van der Waals surface area contributed by atoms with E-state index in [1.54, 1.807) is 24.3 Å². The van der Waals surface area contributed by atoms with Crippen LogP contribution in [-0.2, 0) is 33.5 Å². The summed E-state index contributed by atoms with van der Waals surface area (Å²) in [6, 6.07) is 30.7. The molecular weight excluding hydrogens is 829 g/mol. The molecule has 12 rings (SSSR count). The summed E-state index contributed by atoms with van der Waals surface area (Å²) in [5.41, 5.74) is 10.2. The topological polar surface area (TPSA) is 158 Å². The molecule has 2 aromatic heterocycles. The molecule has 6 aromatic rings. The van der Waals surface area contributed by atoms with Crippen molar-refractivity contribution in [2.75, 3.05) is 26.2 Å². The Morgan fingerprint density at radius 2 is 1.14 bits per heavy atom. The largest absolute Gasteiger partial charge is 0.357 e. The number of nitro groups is 2. The van der Waals surface area contributed by atoms with E-state index in [0.29, 0.717) is 42.0 Å². The number of nitrogens with zero attached hydrogens (tertiary/aromatic N) is 4. The molecule has 6 atom stereocenters. The number of nitro benzene ring substituents is 2. The van der Waals surface area contributed by atoms with Gasteiger partial charge in [0.05, 0.1) is 20.9 Å². The van der Waals surface area contributed by atoms with Crippen LogP contribution >= 0.6 is 0 Å². The lowest BCUT2D eigenvalue weighted by Crippen LogP contribution is -2.57. The number of benzene rings is 4. The van der Waals surface area contributed by atoms with Crippen molar-refractivity contribution in [3.63, 3.8) is 0 Å². The molecule has 2 aliphatic carbocycles. The number of allylic oxidation sites excluding steroid dienone is 2. The Balaban J connectivity index is 0.000000146. The van der Waals surface area contributed by atoms with Crippen LogP contribution < -0.4 is 0 Å².